The maximum atomic E-state index is 14.6. The number of aryl methyl sites for hydroxylation is 1. The number of hydrogen-bond acceptors (Lipinski definition) is 4. The highest BCUT2D eigenvalue weighted by Gasteiger charge is 2.38. The SMILES string of the molecule is Cn1cncc1C(O)(c1ccc(Cl)cc1)c1ccc2nc(C(C)(F)F)c(Cc3ccccc3)c(O)c2c1. The lowest BCUT2D eigenvalue weighted by molar-refractivity contribution is 0.0119. The van der Waals surface area contributed by atoms with E-state index in [0.29, 0.717) is 21.8 Å². The molecular formula is C29H24ClF2N3O2. The number of alkyl halides is 2. The summed E-state index contributed by atoms with van der Waals surface area (Å²) in [5, 5.41) is 24.3. The van der Waals surface area contributed by atoms with Gasteiger partial charge in [0.1, 0.15) is 11.4 Å². The van der Waals surface area contributed by atoms with E-state index >= 15 is 0 Å². The normalized spacial score (nSPS) is 13.6. The van der Waals surface area contributed by atoms with Crippen LogP contribution in [0.15, 0.2) is 85.3 Å². The second kappa shape index (κ2) is 9.25. The quantitative estimate of drug-likeness (QED) is 0.275. The maximum absolute atomic E-state index is 14.6. The third-order valence-electron chi connectivity index (χ3n) is 6.56. The van der Waals surface area contributed by atoms with Gasteiger partial charge in [-0.3, -0.25) is 0 Å². The zero-order valence-corrected chi connectivity index (χ0v) is 20.9. The first kappa shape index (κ1) is 24.9. The Bertz CT molecular complexity index is 1580. The van der Waals surface area contributed by atoms with Gasteiger partial charge in [-0.05, 0) is 41.0 Å². The van der Waals surface area contributed by atoms with E-state index in [4.69, 9.17) is 11.6 Å². The number of benzene rings is 3. The first-order valence-electron chi connectivity index (χ1n) is 11.6. The second-order valence-electron chi connectivity index (χ2n) is 9.18. The molecule has 5 nitrogen and oxygen atoms in total. The van der Waals surface area contributed by atoms with Gasteiger partial charge in [0.05, 0.1) is 23.7 Å². The van der Waals surface area contributed by atoms with E-state index in [1.165, 1.54) is 6.07 Å². The Hall–Kier alpha value is -3.81. The van der Waals surface area contributed by atoms with Crippen molar-refractivity contribution in [1.29, 1.82) is 0 Å². The van der Waals surface area contributed by atoms with E-state index < -0.39 is 17.2 Å². The fraction of sp³-hybridized carbons (Fsp3) is 0.172. The summed E-state index contributed by atoms with van der Waals surface area (Å²) in [6, 6.07) is 20.6. The molecule has 0 radical (unpaired) electrons. The highest BCUT2D eigenvalue weighted by Crippen LogP contribution is 2.42. The lowest BCUT2D eigenvalue weighted by Crippen LogP contribution is -2.31. The van der Waals surface area contributed by atoms with Crippen LogP contribution in [0.5, 0.6) is 5.75 Å². The summed E-state index contributed by atoms with van der Waals surface area (Å²) in [6.07, 6.45) is 3.20. The van der Waals surface area contributed by atoms with Gasteiger partial charge in [-0.1, -0.05) is 60.1 Å². The number of halogens is 3. The van der Waals surface area contributed by atoms with Crippen LogP contribution in [-0.4, -0.2) is 24.7 Å². The van der Waals surface area contributed by atoms with Crippen LogP contribution in [0.25, 0.3) is 10.9 Å². The standard InChI is InChI=1S/C29H24ClF2N3O2/c1-28(31,32)27-23(14-18-6-4-3-5-7-18)26(36)22-15-20(10-13-24(22)34-27)29(37,25-16-33-17-35(25)2)19-8-11-21(30)12-9-19/h3-13,15-17,37H,14H2,1-2H3,(H,34,36). The molecule has 0 fully saturated rings. The molecule has 5 rings (SSSR count). The predicted octanol–water partition coefficient (Wildman–Crippen LogP) is 6.31. The Morgan fingerprint density at radius 2 is 1.65 bits per heavy atom. The minimum absolute atomic E-state index is 0.0407. The summed E-state index contributed by atoms with van der Waals surface area (Å²) in [4.78, 5) is 8.43. The summed E-state index contributed by atoms with van der Waals surface area (Å²) in [7, 11) is 1.76. The minimum atomic E-state index is -3.27. The van der Waals surface area contributed by atoms with Crippen LogP contribution >= 0.6 is 11.6 Å². The molecule has 3 aromatic carbocycles. The molecule has 1 unspecified atom stereocenters. The van der Waals surface area contributed by atoms with Crippen molar-refractivity contribution in [2.45, 2.75) is 24.9 Å². The summed E-state index contributed by atoms with van der Waals surface area (Å²) in [6.45, 7) is 0.769. The second-order valence-corrected chi connectivity index (χ2v) is 9.61. The number of pyridine rings is 1. The molecule has 0 aliphatic carbocycles. The van der Waals surface area contributed by atoms with Crippen LogP contribution in [0.1, 0.15) is 40.6 Å². The zero-order chi connectivity index (χ0) is 26.4. The Balaban J connectivity index is 1.76. The van der Waals surface area contributed by atoms with Crippen molar-refractivity contribution >= 4 is 22.5 Å². The number of nitrogens with zero attached hydrogens (tertiary/aromatic N) is 3. The molecule has 0 amide bonds. The van der Waals surface area contributed by atoms with Gasteiger partial charge in [0, 0.05) is 36.4 Å². The molecule has 5 aromatic rings. The Labute approximate surface area is 217 Å². The van der Waals surface area contributed by atoms with E-state index in [0.717, 1.165) is 12.5 Å². The van der Waals surface area contributed by atoms with E-state index in [2.05, 4.69) is 9.97 Å². The van der Waals surface area contributed by atoms with Crippen molar-refractivity contribution in [1.82, 2.24) is 14.5 Å². The molecule has 1 atom stereocenters. The Kier molecular flexibility index (Phi) is 6.22. The van der Waals surface area contributed by atoms with Crippen LogP contribution in [0.2, 0.25) is 5.02 Å². The van der Waals surface area contributed by atoms with Crippen LogP contribution in [0.3, 0.4) is 0 Å². The molecule has 2 aromatic heterocycles. The van der Waals surface area contributed by atoms with Gasteiger partial charge in [0.15, 0.2) is 5.60 Å². The van der Waals surface area contributed by atoms with E-state index in [1.54, 1.807) is 72.7 Å². The topological polar surface area (TPSA) is 71.2 Å². The highest BCUT2D eigenvalue weighted by molar-refractivity contribution is 6.30. The smallest absolute Gasteiger partial charge is 0.287 e. The lowest BCUT2D eigenvalue weighted by atomic mass is 9.82. The third-order valence-corrected chi connectivity index (χ3v) is 6.81. The van der Waals surface area contributed by atoms with Crippen LogP contribution in [0, 0.1) is 0 Å². The van der Waals surface area contributed by atoms with Gasteiger partial charge in [-0.2, -0.15) is 8.78 Å². The van der Waals surface area contributed by atoms with E-state index in [1.807, 2.05) is 18.2 Å². The zero-order valence-electron chi connectivity index (χ0n) is 20.2. The maximum Gasteiger partial charge on any atom is 0.287 e. The molecule has 0 aliphatic rings. The molecule has 188 valence electrons. The van der Waals surface area contributed by atoms with Crippen molar-refractivity contribution in [2.24, 2.45) is 7.05 Å². The fourth-order valence-corrected chi connectivity index (χ4v) is 4.83. The van der Waals surface area contributed by atoms with Crippen LogP contribution in [-0.2, 0) is 25.0 Å². The van der Waals surface area contributed by atoms with Crippen LogP contribution < -0.4 is 0 Å². The lowest BCUT2D eigenvalue weighted by Gasteiger charge is -2.30. The van der Waals surface area contributed by atoms with Gasteiger partial charge >= 0.3 is 0 Å². The first-order valence-corrected chi connectivity index (χ1v) is 12.0. The summed E-state index contributed by atoms with van der Waals surface area (Å²) in [5.41, 5.74) is 0.239. The molecule has 0 aliphatic heterocycles. The predicted molar refractivity (Wildman–Crippen MR) is 139 cm³/mol. The summed E-state index contributed by atoms with van der Waals surface area (Å²) < 4.78 is 31.0. The molecule has 0 spiro atoms. The number of rotatable bonds is 6. The van der Waals surface area contributed by atoms with Crippen molar-refractivity contribution in [2.75, 3.05) is 0 Å². The molecule has 0 saturated heterocycles. The molecule has 0 saturated carbocycles. The average molecular weight is 520 g/mol. The largest absolute Gasteiger partial charge is 0.507 e. The summed E-state index contributed by atoms with van der Waals surface area (Å²) in [5.74, 6) is -3.57. The van der Waals surface area contributed by atoms with Gasteiger partial charge in [-0.15, -0.1) is 0 Å². The van der Waals surface area contributed by atoms with Gasteiger partial charge < -0.3 is 14.8 Å². The molecule has 0 bridgehead atoms. The molecule has 37 heavy (non-hydrogen) atoms. The number of aromatic nitrogens is 3. The fourth-order valence-electron chi connectivity index (χ4n) is 4.70. The van der Waals surface area contributed by atoms with Crippen molar-refractivity contribution in [3.05, 3.63) is 124 Å². The van der Waals surface area contributed by atoms with Gasteiger partial charge in [-0.25, -0.2) is 9.97 Å². The van der Waals surface area contributed by atoms with Gasteiger partial charge in [0.25, 0.3) is 5.92 Å². The number of imidazole rings is 1. The van der Waals surface area contributed by atoms with Crippen LogP contribution in [0.4, 0.5) is 8.78 Å². The Morgan fingerprint density at radius 1 is 0.973 bits per heavy atom. The number of aromatic hydroxyl groups is 1. The molecular weight excluding hydrogens is 496 g/mol. The number of fused-ring (bicyclic) bond motifs is 1. The van der Waals surface area contributed by atoms with E-state index in [9.17, 15) is 19.0 Å². The van der Waals surface area contributed by atoms with E-state index in [-0.39, 0.29) is 28.6 Å². The number of aliphatic hydroxyl groups is 1. The minimum Gasteiger partial charge on any atom is -0.507 e. The average Bonchev–Trinajstić information content (AvgIpc) is 3.31. The Morgan fingerprint density at radius 3 is 2.27 bits per heavy atom. The first-order chi connectivity index (χ1) is 17.6. The number of hydrogen-bond donors (Lipinski definition) is 2. The van der Waals surface area contributed by atoms with Gasteiger partial charge in [0.2, 0.25) is 0 Å². The monoisotopic (exact) mass is 519 g/mol. The third kappa shape index (κ3) is 4.45. The van der Waals surface area contributed by atoms with Crippen molar-refractivity contribution in [3.8, 4) is 5.75 Å². The summed E-state index contributed by atoms with van der Waals surface area (Å²) >= 11 is 6.10. The van der Waals surface area contributed by atoms with Crippen molar-refractivity contribution in [3.63, 3.8) is 0 Å². The molecule has 2 N–H and O–H groups in total. The molecule has 2 heterocycles. The van der Waals surface area contributed by atoms with Crippen molar-refractivity contribution < 1.29 is 19.0 Å². The molecule has 8 heteroatoms. The highest BCUT2D eigenvalue weighted by atomic mass is 35.5.